The molecular formula is C19H16Cl2N2O3. The normalized spacial score (nSPS) is 14.4. The number of benzene rings is 2. The summed E-state index contributed by atoms with van der Waals surface area (Å²) in [5, 5.41) is 9.84. The number of aliphatic hydroxyl groups is 1. The number of carbonyl (C=O) groups excluding carboxylic acids is 2. The summed E-state index contributed by atoms with van der Waals surface area (Å²) in [6.07, 6.45) is 0. The van der Waals surface area contributed by atoms with E-state index in [0.29, 0.717) is 16.3 Å². The van der Waals surface area contributed by atoms with Crippen molar-refractivity contribution >= 4 is 46.3 Å². The molecule has 0 spiro atoms. The molecule has 0 saturated heterocycles. The lowest BCUT2D eigenvalue weighted by molar-refractivity contribution is -0.120. The predicted molar refractivity (Wildman–Crippen MR) is 102 cm³/mol. The van der Waals surface area contributed by atoms with Crippen LogP contribution in [0.2, 0.25) is 10.0 Å². The van der Waals surface area contributed by atoms with E-state index in [2.05, 4.69) is 0 Å². The van der Waals surface area contributed by atoms with Crippen molar-refractivity contribution in [1.82, 2.24) is 4.90 Å². The first-order valence-electron chi connectivity index (χ1n) is 7.91. The zero-order chi connectivity index (χ0) is 18.8. The van der Waals surface area contributed by atoms with E-state index in [-0.39, 0.29) is 29.4 Å². The van der Waals surface area contributed by atoms with Crippen LogP contribution in [0, 0.1) is 0 Å². The van der Waals surface area contributed by atoms with Gasteiger partial charge < -0.3 is 10.0 Å². The number of anilines is 1. The number of aliphatic hydroxyl groups excluding tert-OH is 1. The fourth-order valence-corrected chi connectivity index (χ4v) is 3.15. The first-order chi connectivity index (χ1) is 12.5. The second-order valence-corrected chi connectivity index (χ2v) is 6.59. The van der Waals surface area contributed by atoms with Crippen LogP contribution in [0.25, 0.3) is 5.57 Å². The summed E-state index contributed by atoms with van der Waals surface area (Å²) in [5.41, 5.74) is 1.50. The lowest BCUT2D eigenvalue weighted by Gasteiger charge is -2.20. The Hall–Kier alpha value is -2.34. The monoisotopic (exact) mass is 390 g/mol. The molecule has 5 nitrogen and oxygen atoms in total. The highest BCUT2D eigenvalue weighted by Crippen LogP contribution is 2.36. The van der Waals surface area contributed by atoms with E-state index < -0.39 is 11.8 Å². The Morgan fingerprint density at radius 1 is 1.00 bits per heavy atom. The van der Waals surface area contributed by atoms with Gasteiger partial charge in [-0.15, -0.1) is 0 Å². The van der Waals surface area contributed by atoms with Crippen molar-refractivity contribution in [3.05, 3.63) is 69.8 Å². The van der Waals surface area contributed by atoms with Gasteiger partial charge in [-0.1, -0.05) is 53.5 Å². The SMILES string of the molecule is CN(CCO)C1=C(c2ccccc2)C(=O)N(c2ccc(Cl)c(Cl)c2)C1=O. The molecule has 0 aliphatic carbocycles. The number of likely N-dealkylation sites (N-methyl/N-ethyl adjacent to an activating group) is 1. The maximum atomic E-state index is 13.1. The third-order valence-electron chi connectivity index (χ3n) is 4.10. The molecule has 0 radical (unpaired) electrons. The van der Waals surface area contributed by atoms with Crippen LogP contribution in [-0.4, -0.2) is 42.0 Å². The maximum Gasteiger partial charge on any atom is 0.282 e. The van der Waals surface area contributed by atoms with E-state index in [4.69, 9.17) is 23.2 Å². The summed E-state index contributed by atoms with van der Waals surface area (Å²) in [6, 6.07) is 13.6. The summed E-state index contributed by atoms with van der Waals surface area (Å²) in [4.78, 5) is 28.8. The molecule has 2 aromatic carbocycles. The van der Waals surface area contributed by atoms with Crippen LogP contribution < -0.4 is 4.90 Å². The quantitative estimate of drug-likeness (QED) is 0.796. The summed E-state index contributed by atoms with van der Waals surface area (Å²) >= 11 is 12.0. The highest BCUT2D eigenvalue weighted by Gasteiger charge is 2.41. The minimum Gasteiger partial charge on any atom is -0.395 e. The molecule has 1 aliphatic rings. The van der Waals surface area contributed by atoms with Crippen molar-refractivity contribution in [2.45, 2.75) is 0 Å². The topological polar surface area (TPSA) is 60.9 Å². The van der Waals surface area contributed by atoms with Crippen LogP contribution in [0.1, 0.15) is 5.56 Å². The number of amides is 2. The van der Waals surface area contributed by atoms with Gasteiger partial charge >= 0.3 is 0 Å². The van der Waals surface area contributed by atoms with Crippen molar-refractivity contribution in [3.8, 4) is 0 Å². The Balaban J connectivity index is 2.12. The molecule has 3 rings (SSSR count). The van der Waals surface area contributed by atoms with Gasteiger partial charge in [-0.05, 0) is 23.8 Å². The maximum absolute atomic E-state index is 13.1. The van der Waals surface area contributed by atoms with Crippen LogP contribution in [-0.2, 0) is 9.59 Å². The van der Waals surface area contributed by atoms with Gasteiger partial charge in [0.25, 0.3) is 11.8 Å². The van der Waals surface area contributed by atoms with Crippen LogP contribution in [0.3, 0.4) is 0 Å². The zero-order valence-corrected chi connectivity index (χ0v) is 15.5. The Labute approximate surface area is 161 Å². The third kappa shape index (κ3) is 3.21. The van der Waals surface area contributed by atoms with Crippen molar-refractivity contribution in [2.24, 2.45) is 0 Å². The standard InChI is InChI=1S/C19H16Cl2N2O3/c1-22(9-10-24)17-16(12-5-3-2-4-6-12)18(25)23(19(17)26)13-7-8-14(20)15(21)11-13/h2-8,11,24H,9-10H2,1H3. The highest BCUT2D eigenvalue weighted by molar-refractivity contribution is 6.46. The van der Waals surface area contributed by atoms with E-state index in [0.717, 1.165) is 4.90 Å². The molecule has 1 N–H and O–H groups in total. The first kappa shape index (κ1) is 18.5. The van der Waals surface area contributed by atoms with Crippen LogP contribution in [0.15, 0.2) is 54.2 Å². The fourth-order valence-electron chi connectivity index (χ4n) is 2.86. The smallest absolute Gasteiger partial charge is 0.282 e. The lowest BCUT2D eigenvalue weighted by Crippen LogP contribution is -2.34. The summed E-state index contributed by atoms with van der Waals surface area (Å²) in [5.74, 6) is -0.914. The van der Waals surface area contributed by atoms with Crippen LogP contribution in [0.5, 0.6) is 0 Å². The lowest BCUT2D eigenvalue weighted by atomic mass is 10.0. The molecule has 2 aromatic rings. The zero-order valence-electron chi connectivity index (χ0n) is 13.9. The molecular weight excluding hydrogens is 375 g/mol. The Morgan fingerprint density at radius 2 is 1.69 bits per heavy atom. The molecule has 0 fully saturated rings. The molecule has 0 saturated carbocycles. The number of nitrogens with zero attached hydrogens (tertiary/aromatic N) is 2. The molecule has 0 unspecified atom stereocenters. The molecule has 7 heteroatoms. The number of hydrogen-bond acceptors (Lipinski definition) is 4. The van der Waals surface area contributed by atoms with E-state index in [1.165, 1.54) is 12.1 Å². The van der Waals surface area contributed by atoms with Gasteiger partial charge in [-0.2, -0.15) is 0 Å². The highest BCUT2D eigenvalue weighted by atomic mass is 35.5. The molecule has 1 heterocycles. The van der Waals surface area contributed by atoms with Gasteiger partial charge in [-0.25, -0.2) is 4.90 Å². The Morgan fingerprint density at radius 3 is 2.31 bits per heavy atom. The second kappa shape index (κ2) is 7.50. The minimum atomic E-state index is -0.469. The minimum absolute atomic E-state index is 0.143. The van der Waals surface area contributed by atoms with E-state index in [9.17, 15) is 14.7 Å². The Kier molecular flexibility index (Phi) is 5.32. The largest absolute Gasteiger partial charge is 0.395 e. The van der Waals surface area contributed by atoms with Gasteiger partial charge in [0.05, 0.1) is 27.9 Å². The molecule has 0 atom stereocenters. The van der Waals surface area contributed by atoms with Gasteiger partial charge in [0, 0.05) is 13.6 Å². The van der Waals surface area contributed by atoms with Crippen molar-refractivity contribution < 1.29 is 14.7 Å². The average molecular weight is 391 g/mol. The molecule has 1 aliphatic heterocycles. The number of hydrogen-bond donors (Lipinski definition) is 1. The predicted octanol–water partition coefficient (Wildman–Crippen LogP) is 3.20. The van der Waals surface area contributed by atoms with Gasteiger partial charge in [0.15, 0.2) is 0 Å². The summed E-state index contributed by atoms with van der Waals surface area (Å²) in [7, 11) is 1.66. The fraction of sp³-hybridized carbons (Fsp3) is 0.158. The molecule has 134 valence electrons. The van der Waals surface area contributed by atoms with Crippen molar-refractivity contribution in [1.29, 1.82) is 0 Å². The van der Waals surface area contributed by atoms with E-state index in [1.807, 2.05) is 6.07 Å². The van der Waals surface area contributed by atoms with Crippen LogP contribution in [0.4, 0.5) is 5.69 Å². The summed E-state index contributed by atoms with van der Waals surface area (Å²) in [6.45, 7) is 0.0796. The third-order valence-corrected chi connectivity index (χ3v) is 4.84. The average Bonchev–Trinajstić information content (AvgIpc) is 2.89. The summed E-state index contributed by atoms with van der Waals surface area (Å²) < 4.78 is 0. The van der Waals surface area contributed by atoms with Crippen molar-refractivity contribution in [3.63, 3.8) is 0 Å². The molecule has 26 heavy (non-hydrogen) atoms. The number of halogens is 2. The van der Waals surface area contributed by atoms with E-state index >= 15 is 0 Å². The number of rotatable bonds is 5. The number of carbonyl (C=O) groups is 2. The van der Waals surface area contributed by atoms with Gasteiger partial charge in [-0.3, -0.25) is 9.59 Å². The van der Waals surface area contributed by atoms with E-state index in [1.54, 1.807) is 42.3 Å². The van der Waals surface area contributed by atoms with Gasteiger partial charge in [0.2, 0.25) is 0 Å². The van der Waals surface area contributed by atoms with Crippen LogP contribution >= 0.6 is 23.2 Å². The molecule has 0 bridgehead atoms. The first-order valence-corrected chi connectivity index (χ1v) is 8.66. The van der Waals surface area contributed by atoms with Gasteiger partial charge in [0.1, 0.15) is 5.70 Å². The van der Waals surface area contributed by atoms with Crippen molar-refractivity contribution in [2.75, 3.05) is 25.1 Å². The second-order valence-electron chi connectivity index (χ2n) is 5.78. The molecule has 0 aromatic heterocycles. The number of imide groups is 1. The Bertz CT molecular complexity index is 897. The molecule has 2 amide bonds.